The molecule has 1 aliphatic heterocycles. The number of ether oxygens (including phenoxy) is 3. The largest absolute Gasteiger partial charge is 0.484 e. The average molecular weight is 379 g/mol. The minimum atomic E-state index is -0.213. The molecule has 3 rings (SSSR count). The molecule has 1 heterocycles. The Labute approximate surface area is 166 Å². The number of amides is 1. The first-order valence-corrected chi connectivity index (χ1v) is 9.29. The van der Waals surface area contributed by atoms with E-state index in [0.717, 1.165) is 23.3 Å². The van der Waals surface area contributed by atoms with Crippen LogP contribution in [0, 0.1) is 18.8 Å². The van der Waals surface area contributed by atoms with E-state index in [-0.39, 0.29) is 31.3 Å². The predicted octanol–water partition coefficient (Wildman–Crippen LogP) is 3.29. The summed E-state index contributed by atoms with van der Waals surface area (Å²) >= 11 is 0. The van der Waals surface area contributed by atoms with Gasteiger partial charge in [-0.05, 0) is 38.5 Å². The van der Waals surface area contributed by atoms with Crippen LogP contribution in [0.15, 0.2) is 42.5 Å². The van der Waals surface area contributed by atoms with Gasteiger partial charge in [0.15, 0.2) is 18.1 Å². The first kappa shape index (κ1) is 19.6. The average Bonchev–Trinajstić information content (AvgIpc) is 2.98. The van der Waals surface area contributed by atoms with Crippen molar-refractivity contribution >= 4 is 5.91 Å². The number of fused-ring (bicyclic) bond motifs is 1. The molecule has 0 saturated heterocycles. The minimum absolute atomic E-state index is 0.0354. The number of benzene rings is 2. The molecule has 5 nitrogen and oxygen atoms in total. The first-order valence-electron chi connectivity index (χ1n) is 9.29. The molecule has 5 heteroatoms. The van der Waals surface area contributed by atoms with Crippen LogP contribution in [0.5, 0.6) is 17.2 Å². The molecule has 28 heavy (non-hydrogen) atoms. The van der Waals surface area contributed by atoms with Gasteiger partial charge in [-0.25, -0.2) is 0 Å². The number of carbonyl (C=O) groups excluding carboxylic acids is 1. The molecule has 2 aromatic carbocycles. The van der Waals surface area contributed by atoms with Gasteiger partial charge in [0, 0.05) is 12.0 Å². The Morgan fingerprint density at radius 1 is 1.11 bits per heavy atom. The van der Waals surface area contributed by atoms with E-state index >= 15 is 0 Å². The van der Waals surface area contributed by atoms with Crippen molar-refractivity contribution in [2.24, 2.45) is 0 Å². The van der Waals surface area contributed by atoms with Gasteiger partial charge in [-0.15, -0.1) is 0 Å². The molecule has 146 valence electrons. The van der Waals surface area contributed by atoms with Crippen LogP contribution in [-0.4, -0.2) is 31.3 Å². The van der Waals surface area contributed by atoms with E-state index in [9.17, 15) is 4.79 Å². The van der Waals surface area contributed by atoms with Gasteiger partial charge < -0.3 is 19.5 Å². The van der Waals surface area contributed by atoms with Gasteiger partial charge in [-0.2, -0.15) is 0 Å². The molecule has 0 aromatic heterocycles. The van der Waals surface area contributed by atoms with Crippen molar-refractivity contribution in [3.8, 4) is 29.1 Å². The van der Waals surface area contributed by atoms with Crippen LogP contribution in [0.3, 0.4) is 0 Å². The number of nitrogens with one attached hydrogen (secondary N) is 1. The van der Waals surface area contributed by atoms with Gasteiger partial charge in [0.25, 0.3) is 5.91 Å². The van der Waals surface area contributed by atoms with Gasteiger partial charge in [-0.3, -0.25) is 4.79 Å². The summed E-state index contributed by atoms with van der Waals surface area (Å²) in [6, 6.07) is 13.5. The van der Waals surface area contributed by atoms with Crippen LogP contribution < -0.4 is 19.5 Å². The van der Waals surface area contributed by atoms with Crippen LogP contribution in [0.25, 0.3) is 0 Å². The lowest BCUT2D eigenvalue weighted by Gasteiger charge is -2.17. The number of hydrogen-bond acceptors (Lipinski definition) is 4. The summed E-state index contributed by atoms with van der Waals surface area (Å²) in [4.78, 5) is 11.8. The van der Waals surface area contributed by atoms with Crippen LogP contribution in [0.1, 0.15) is 25.0 Å². The van der Waals surface area contributed by atoms with Gasteiger partial charge in [0.1, 0.15) is 18.0 Å². The van der Waals surface area contributed by atoms with Crippen molar-refractivity contribution in [2.75, 3.05) is 19.8 Å². The van der Waals surface area contributed by atoms with Crippen molar-refractivity contribution in [1.82, 2.24) is 5.32 Å². The third-order valence-corrected chi connectivity index (χ3v) is 4.31. The molecule has 0 unspecified atom stereocenters. The highest BCUT2D eigenvalue weighted by molar-refractivity contribution is 5.77. The minimum Gasteiger partial charge on any atom is -0.484 e. The first-order chi connectivity index (χ1) is 13.4. The lowest BCUT2D eigenvalue weighted by molar-refractivity contribution is -0.122. The fourth-order valence-corrected chi connectivity index (χ4v) is 2.98. The number of carbonyl (C=O) groups is 1. The fraction of sp³-hybridized carbons (Fsp3) is 0.348. The second kappa shape index (κ2) is 8.71. The standard InChI is InChI=1S/C23H25NO4/c1-17-9-4-5-11-19(17)27-16-21(25)24-13-6-7-14-26-20-12-8-10-18-15-23(2,3)28-22(18)20/h4-5,8-12H,13-16H2,1-3H3,(H,24,25). The van der Waals surface area contributed by atoms with Crippen LogP contribution in [0.4, 0.5) is 0 Å². The second-order valence-electron chi connectivity index (χ2n) is 7.26. The molecule has 0 atom stereocenters. The van der Waals surface area contributed by atoms with Gasteiger partial charge in [0.05, 0.1) is 6.54 Å². The molecular weight excluding hydrogens is 354 g/mol. The number of hydrogen-bond donors (Lipinski definition) is 1. The summed E-state index contributed by atoms with van der Waals surface area (Å²) in [5.41, 5.74) is 1.93. The molecule has 1 amide bonds. The van der Waals surface area contributed by atoms with Gasteiger partial charge in [-0.1, -0.05) is 42.2 Å². The summed E-state index contributed by atoms with van der Waals surface area (Å²) in [5, 5.41) is 2.71. The van der Waals surface area contributed by atoms with Gasteiger partial charge in [0.2, 0.25) is 0 Å². The SMILES string of the molecule is Cc1ccccc1OCC(=O)NCC#CCOc1cccc2c1OC(C)(C)C2. The van der Waals surface area contributed by atoms with E-state index < -0.39 is 0 Å². The van der Waals surface area contributed by atoms with Crippen molar-refractivity contribution in [1.29, 1.82) is 0 Å². The Hall–Kier alpha value is -3.13. The smallest absolute Gasteiger partial charge is 0.258 e. The van der Waals surface area contributed by atoms with Crippen molar-refractivity contribution < 1.29 is 19.0 Å². The lowest BCUT2D eigenvalue weighted by Crippen LogP contribution is -2.29. The van der Waals surface area contributed by atoms with Crippen molar-refractivity contribution in [2.45, 2.75) is 32.8 Å². The molecule has 0 bridgehead atoms. The summed E-state index contributed by atoms with van der Waals surface area (Å²) in [6.07, 6.45) is 0.863. The van der Waals surface area contributed by atoms with Crippen LogP contribution in [-0.2, 0) is 11.2 Å². The van der Waals surface area contributed by atoms with E-state index in [1.807, 2.05) is 43.3 Å². The molecule has 2 aromatic rings. The van der Waals surface area contributed by atoms with E-state index in [2.05, 4.69) is 37.1 Å². The monoisotopic (exact) mass is 379 g/mol. The highest BCUT2D eigenvalue weighted by Gasteiger charge is 2.32. The Kier molecular flexibility index (Phi) is 6.10. The maximum Gasteiger partial charge on any atom is 0.258 e. The third kappa shape index (κ3) is 5.20. The van der Waals surface area contributed by atoms with Crippen LogP contribution in [0.2, 0.25) is 0 Å². The predicted molar refractivity (Wildman–Crippen MR) is 108 cm³/mol. The third-order valence-electron chi connectivity index (χ3n) is 4.31. The second-order valence-corrected chi connectivity index (χ2v) is 7.26. The summed E-state index contributed by atoms with van der Waals surface area (Å²) in [7, 11) is 0. The maximum absolute atomic E-state index is 11.8. The zero-order chi connectivity index (χ0) is 20.0. The summed E-state index contributed by atoms with van der Waals surface area (Å²) < 4.78 is 17.2. The maximum atomic E-state index is 11.8. The van der Waals surface area contributed by atoms with E-state index in [1.54, 1.807) is 0 Å². The van der Waals surface area contributed by atoms with Crippen molar-refractivity contribution in [3.63, 3.8) is 0 Å². The molecule has 0 saturated carbocycles. The summed E-state index contributed by atoms with van der Waals surface area (Å²) in [6.45, 7) is 6.49. The molecule has 0 spiro atoms. The highest BCUT2D eigenvalue weighted by atomic mass is 16.5. The molecule has 0 fully saturated rings. The Bertz CT molecular complexity index is 908. The lowest BCUT2D eigenvalue weighted by atomic mass is 10.0. The quantitative estimate of drug-likeness (QED) is 0.783. The Balaban J connectivity index is 1.39. The molecular formula is C23H25NO4. The summed E-state index contributed by atoms with van der Waals surface area (Å²) in [5.74, 6) is 7.77. The van der Waals surface area contributed by atoms with E-state index in [1.165, 1.54) is 0 Å². The Morgan fingerprint density at radius 3 is 2.71 bits per heavy atom. The molecule has 0 radical (unpaired) electrons. The molecule has 1 aliphatic rings. The fourth-order valence-electron chi connectivity index (χ4n) is 2.98. The van der Waals surface area contributed by atoms with Gasteiger partial charge >= 0.3 is 0 Å². The zero-order valence-corrected chi connectivity index (χ0v) is 16.5. The topological polar surface area (TPSA) is 56.8 Å². The number of rotatable bonds is 6. The highest BCUT2D eigenvalue weighted by Crippen LogP contribution is 2.41. The molecule has 1 N–H and O–H groups in total. The Morgan fingerprint density at radius 2 is 1.89 bits per heavy atom. The normalized spacial score (nSPS) is 13.5. The van der Waals surface area contributed by atoms with Crippen molar-refractivity contribution in [3.05, 3.63) is 53.6 Å². The molecule has 0 aliphatic carbocycles. The number of para-hydroxylation sites is 2. The zero-order valence-electron chi connectivity index (χ0n) is 16.5. The van der Waals surface area contributed by atoms with Crippen LogP contribution >= 0.6 is 0 Å². The van der Waals surface area contributed by atoms with E-state index in [0.29, 0.717) is 11.5 Å². The van der Waals surface area contributed by atoms with E-state index in [4.69, 9.17) is 14.2 Å². The number of aryl methyl sites for hydroxylation is 1.